The van der Waals surface area contributed by atoms with Gasteiger partial charge in [0.05, 0.1) is 0 Å². The fourth-order valence-electron chi connectivity index (χ4n) is 1.97. The Morgan fingerprint density at radius 1 is 1.40 bits per heavy atom. The van der Waals surface area contributed by atoms with Crippen LogP contribution in [0.4, 0.5) is 5.69 Å². The van der Waals surface area contributed by atoms with Crippen LogP contribution in [-0.4, -0.2) is 34.2 Å². The minimum Gasteiger partial charge on any atom is -0.409 e. The van der Waals surface area contributed by atoms with E-state index in [1.54, 1.807) is 6.20 Å². The van der Waals surface area contributed by atoms with Gasteiger partial charge in [-0.2, -0.15) is 0 Å². The summed E-state index contributed by atoms with van der Waals surface area (Å²) < 4.78 is 2.11. The second-order valence-electron chi connectivity index (χ2n) is 4.62. The fourth-order valence-corrected chi connectivity index (χ4v) is 1.97. The molecule has 2 rings (SSSR count). The van der Waals surface area contributed by atoms with E-state index in [0.29, 0.717) is 5.56 Å². The van der Waals surface area contributed by atoms with Gasteiger partial charge in [-0.25, -0.2) is 4.98 Å². The van der Waals surface area contributed by atoms with Crippen molar-refractivity contribution in [3.63, 3.8) is 0 Å². The van der Waals surface area contributed by atoms with Gasteiger partial charge in [0.1, 0.15) is 5.82 Å². The van der Waals surface area contributed by atoms with Gasteiger partial charge >= 0.3 is 0 Å². The Balaban J connectivity index is 1.99. The molecule has 0 saturated heterocycles. The van der Waals surface area contributed by atoms with Crippen molar-refractivity contribution >= 4 is 11.5 Å². The second-order valence-corrected chi connectivity index (χ2v) is 4.62. The van der Waals surface area contributed by atoms with E-state index in [4.69, 9.17) is 10.9 Å². The van der Waals surface area contributed by atoms with Crippen LogP contribution in [0.1, 0.15) is 11.4 Å². The van der Waals surface area contributed by atoms with Crippen molar-refractivity contribution in [3.05, 3.63) is 48.0 Å². The zero-order valence-corrected chi connectivity index (χ0v) is 11.7. The maximum atomic E-state index is 8.63. The quantitative estimate of drug-likeness (QED) is 0.374. The molecule has 1 aromatic carbocycles. The van der Waals surface area contributed by atoms with Crippen LogP contribution in [0.3, 0.4) is 0 Å². The van der Waals surface area contributed by atoms with Gasteiger partial charge in [0, 0.05) is 43.8 Å². The van der Waals surface area contributed by atoms with E-state index in [2.05, 4.69) is 19.6 Å². The Bertz CT molecular complexity index is 588. The highest BCUT2D eigenvalue weighted by Crippen LogP contribution is 2.14. The molecule has 3 N–H and O–H groups in total. The number of likely N-dealkylation sites (N-methyl/N-ethyl adjacent to an activating group) is 1. The molecule has 6 heteroatoms. The highest BCUT2D eigenvalue weighted by atomic mass is 16.4. The van der Waals surface area contributed by atoms with E-state index in [9.17, 15) is 0 Å². The standard InChI is InChI=1S/C14H19N5O/c1-11-16-7-8-19(11)10-9-18(2)13-5-3-12(4-6-13)14(15)17-20/h3-8,20H,9-10H2,1-2H3,(H2,15,17). The Morgan fingerprint density at radius 3 is 2.65 bits per heavy atom. The molecule has 2 aromatic rings. The Morgan fingerprint density at radius 2 is 2.10 bits per heavy atom. The number of anilines is 1. The number of benzene rings is 1. The molecular formula is C14H19N5O. The zero-order valence-electron chi connectivity index (χ0n) is 11.7. The third-order valence-electron chi connectivity index (χ3n) is 3.31. The normalized spacial score (nSPS) is 11.6. The molecule has 0 saturated carbocycles. The first-order chi connectivity index (χ1) is 9.61. The molecule has 0 bridgehead atoms. The summed E-state index contributed by atoms with van der Waals surface area (Å²) in [5, 5.41) is 11.6. The predicted octanol–water partition coefficient (Wildman–Crippen LogP) is 1.42. The molecule has 0 unspecified atom stereocenters. The number of imidazole rings is 1. The summed E-state index contributed by atoms with van der Waals surface area (Å²) in [6.45, 7) is 3.75. The number of aromatic nitrogens is 2. The fraction of sp³-hybridized carbons (Fsp3) is 0.286. The van der Waals surface area contributed by atoms with E-state index in [-0.39, 0.29) is 5.84 Å². The van der Waals surface area contributed by atoms with Gasteiger partial charge in [0.25, 0.3) is 0 Å². The molecule has 106 valence electrons. The molecule has 0 fully saturated rings. The molecule has 0 spiro atoms. The Kier molecular flexibility index (Phi) is 4.24. The third kappa shape index (κ3) is 3.09. The summed E-state index contributed by atoms with van der Waals surface area (Å²) in [7, 11) is 2.03. The van der Waals surface area contributed by atoms with Crippen molar-refractivity contribution < 1.29 is 5.21 Å². The number of nitrogens with two attached hydrogens (primary N) is 1. The van der Waals surface area contributed by atoms with Crippen LogP contribution in [0.15, 0.2) is 41.8 Å². The summed E-state index contributed by atoms with van der Waals surface area (Å²) in [5.74, 6) is 1.13. The summed E-state index contributed by atoms with van der Waals surface area (Å²) in [6.07, 6.45) is 3.78. The first-order valence-electron chi connectivity index (χ1n) is 6.38. The summed E-state index contributed by atoms with van der Waals surface area (Å²) in [5.41, 5.74) is 7.32. The van der Waals surface area contributed by atoms with Crippen LogP contribution < -0.4 is 10.6 Å². The summed E-state index contributed by atoms with van der Waals surface area (Å²) in [6, 6.07) is 7.58. The van der Waals surface area contributed by atoms with Crippen molar-refractivity contribution in [3.8, 4) is 0 Å². The average Bonchev–Trinajstić information content (AvgIpc) is 2.89. The molecule has 0 radical (unpaired) electrons. The van der Waals surface area contributed by atoms with E-state index in [0.717, 1.165) is 24.6 Å². The lowest BCUT2D eigenvalue weighted by atomic mass is 10.2. The number of amidine groups is 1. The molecule has 1 aromatic heterocycles. The lowest BCUT2D eigenvalue weighted by Crippen LogP contribution is -2.23. The molecule has 6 nitrogen and oxygen atoms in total. The maximum Gasteiger partial charge on any atom is 0.170 e. The van der Waals surface area contributed by atoms with Crippen molar-refractivity contribution in [2.45, 2.75) is 13.5 Å². The maximum absolute atomic E-state index is 8.63. The van der Waals surface area contributed by atoms with E-state index in [1.165, 1.54) is 0 Å². The van der Waals surface area contributed by atoms with E-state index >= 15 is 0 Å². The van der Waals surface area contributed by atoms with Gasteiger partial charge in [0.15, 0.2) is 5.84 Å². The third-order valence-corrected chi connectivity index (χ3v) is 3.31. The minimum absolute atomic E-state index is 0.119. The molecule has 0 atom stereocenters. The van der Waals surface area contributed by atoms with Gasteiger partial charge in [-0.05, 0) is 31.2 Å². The van der Waals surface area contributed by atoms with E-state index in [1.807, 2.05) is 44.4 Å². The average molecular weight is 273 g/mol. The van der Waals surface area contributed by atoms with Crippen molar-refractivity contribution in [2.75, 3.05) is 18.5 Å². The highest BCUT2D eigenvalue weighted by Gasteiger charge is 2.04. The van der Waals surface area contributed by atoms with Gasteiger partial charge in [-0.1, -0.05) is 5.16 Å². The van der Waals surface area contributed by atoms with E-state index < -0.39 is 0 Å². The van der Waals surface area contributed by atoms with Crippen molar-refractivity contribution in [1.82, 2.24) is 9.55 Å². The number of rotatable bonds is 5. The first-order valence-corrected chi connectivity index (χ1v) is 6.38. The second kappa shape index (κ2) is 6.10. The zero-order chi connectivity index (χ0) is 14.5. The smallest absolute Gasteiger partial charge is 0.170 e. The predicted molar refractivity (Wildman–Crippen MR) is 79.2 cm³/mol. The number of nitrogens with zero attached hydrogens (tertiary/aromatic N) is 4. The van der Waals surface area contributed by atoms with Gasteiger partial charge in [-0.15, -0.1) is 0 Å². The number of hydrogen-bond acceptors (Lipinski definition) is 4. The molecule has 0 amide bonds. The minimum atomic E-state index is 0.119. The Labute approximate surface area is 118 Å². The highest BCUT2D eigenvalue weighted by molar-refractivity contribution is 5.97. The monoisotopic (exact) mass is 273 g/mol. The van der Waals surface area contributed by atoms with Crippen LogP contribution in [0.2, 0.25) is 0 Å². The van der Waals surface area contributed by atoms with Gasteiger partial charge < -0.3 is 20.4 Å². The summed E-state index contributed by atoms with van der Waals surface area (Å²) >= 11 is 0. The van der Waals surface area contributed by atoms with Crippen LogP contribution >= 0.6 is 0 Å². The SMILES string of the molecule is Cc1nccn1CCN(C)c1ccc(C(N)=NO)cc1. The number of hydrogen-bond donors (Lipinski definition) is 2. The lowest BCUT2D eigenvalue weighted by molar-refractivity contribution is 0.318. The molecular weight excluding hydrogens is 254 g/mol. The van der Waals surface area contributed by atoms with Crippen LogP contribution in [-0.2, 0) is 6.54 Å². The van der Waals surface area contributed by atoms with Gasteiger partial charge in [-0.3, -0.25) is 0 Å². The lowest BCUT2D eigenvalue weighted by Gasteiger charge is -2.20. The molecule has 0 aliphatic carbocycles. The van der Waals surface area contributed by atoms with Crippen LogP contribution in [0.5, 0.6) is 0 Å². The van der Waals surface area contributed by atoms with Crippen molar-refractivity contribution in [2.24, 2.45) is 10.9 Å². The summed E-state index contributed by atoms with van der Waals surface area (Å²) in [4.78, 5) is 6.35. The number of oxime groups is 1. The molecule has 0 aliphatic heterocycles. The Hall–Kier alpha value is -2.50. The first kappa shape index (κ1) is 13.9. The largest absolute Gasteiger partial charge is 0.409 e. The molecule has 0 aliphatic rings. The van der Waals surface area contributed by atoms with Crippen LogP contribution in [0.25, 0.3) is 0 Å². The van der Waals surface area contributed by atoms with Crippen molar-refractivity contribution in [1.29, 1.82) is 0 Å². The number of aryl methyl sites for hydroxylation is 1. The topological polar surface area (TPSA) is 79.7 Å². The van der Waals surface area contributed by atoms with Gasteiger partial charge in [0.2, 0.25) is 0 Å². The molecule has 20 heavy (non-hydrogen) atoms. The molecule has 1 heterocycles. The van der Waals surface area contributed by atoms with Crippen LogP contribution in [0, 0.1) is 6.92 Å².